The van der Waals surface area contributed by atoms with Crippen LogP contribution >= 0.6 is 0 Å². The van der Waals surface area contributed by atoms with Gasteiger partial charge in [-0.15, -0.1) is 0 Å². The molecule has 1 saturated heterocycles. The van der Waals surface area contributed by atoms with Gasteiger partial charge in [0.1, 0.15) is 6.04 Å². The first-order chi connectivity index (χ1) is 12.6. The van der Waals surface area contributed by atoms with E-state index in [2.05, 4.69) is 10.6 Å². The number of hydrogen-bond acceptors (Lipinski definition) is 4. The highest BCUT2D eigenvalue weighted by atomic mass is 16.4. The van der Waals surface area contributed by atoms with Crippen molar-refractivity contribution in [3.63, 3.8) is 0 Å². The number of piperidine rings is 1. The molecule has 0 aromatic heterocycles. The Morgan fingerprint density at radius 2 is 1.85 bits per heavy atom. The van der Waals surface area contributed by atoms with Crippen LogP contribution in [-0.4, -0.2) is 59.4 Å². The maximum atomic E-state index is 12.4. The minimum atomic E-state index is -1.09. The summed E-state index contributed by atoms with van der Waals surface area (Å²) in [5.74, 6) is -2.11. The van der Waals surface area contributed by atoms with Gasteiger partial charge in [0.2, 0.25) is 17.7 Å². The molecule has 0 radical (unpaired) electrons. The van der Waals surface area contributed by atoms with Crippen LogP contribution < -0.4 is 10.6 Å². The second-order valence-electron chi connectivity index (χ2n) is 7.74. The summed E-state index contributed by atoms with van der Waals surface area (Å²) in [5.41, 5.74) is 0. The number of nitrogens with one attached hydrogen (secondary N) is 2. The van der Waals surface area contributed by atoms with Crippen LogP contribution in [0.2, 0.25) is 0 Å². The topological polar surface area (TPSA) is 116 Å². The molecule has 154 valence electrons. The molecule has 27 heavy (non-hydrogen) atoms. The third-order valence-corrected chi connectivity index (χ3v) is 4.90. The van der Waals surface area contributed by atoms with E-state index in [4.69, 9.17) is 5.11 Å². The van der Waals surface area contributed by atoms with Crippen molar-refractivity contribution >= 4 is 23.7 Å². The minimum Gasteiger partial charge on any atom is -0.480 e. The third-order valence-electron chi connectivity index (χ3n) is 4.90. The van der Waals surface area contributed by atoms with Crippen LogP contribution in [-0.2, 0) is 19.2 Å². The molecule has 0 spiro atoms. The average Bonchev–Trinajstić information content (AvgIpc) is 2.63. The number of rotatable bonds is 9. The summed E-state index contributed by atoms with van der Waals surface area (Å²) >= 11 is 0. The first-order valence-electron chi connectivity index (χ1n) is 9.74. The molecule has 3 N–H and O–H groups in total. The molecule has 0 aromatic carbocycles. The van der Waals surface area contributed by atoms with Gasteiger partial charge in [0.25, 0.3) is 0 Å². The van der Waals surface area contributed by atoms with Crippen LogP contribution in [0, 0.1) is 17.8 Å². The van der Waals surface area contributed by atoms with Gasteiger partial charge in [-0.2, -0.15) is 0 Å². The van der Waals surface area contributed by atoms with Gasteiger partial charge in [0.05, 0.1) is 12.5 Å². The first-order valence-corrected chi connectivity index (χ1v) is 9.74. The van der Waals surface area contributed by atoms with Crippen molar-refractivity contribution in [3.05, 3.63) is 0 Å². The second kappa shape index (κ2) is 10.9. The number of carboxylic acid groups (broad SMARTS) is 1. The quantitative estimate of drug-likeness (QED) is 0.549. The van der Waals surface area contributed by atoms with Gasteiger partial charge in [0, 0.05) is 19.0 Å². The zero-order valence-corrected chi connectivity index (χ0v) is 16.8. The van der Waals surface area contributed by atoms with Gasteiger partial charge < -0.3 is 20.6 Å². The fourth-order valence-corrected chi connectivity index (χ4v) is 3.13. The third kappa shape index (κ3) is 7.56. The van der Waals surface area contributed by atoms with E-state index in [1.54, 1.807) is 4.90 Å². The summed E-state index contributed by atoms with van der Waals surface area (Å²) < 4.78 is 0. The summed E-state index contributed by atoms with van der Waals surface area (Å²) in [6, 6.07) is -0.965. The van der Waals surface area contributed by atoms with Crippen molar-refractivity contribution in [1.82, 2.24) is 15.5 Å². The molecule has 8 nitrogen and oxygen atoms in total. The highest BCUT2D eigenvalue weighted by Gasteiger charge is 2.30. The molecule has 3 atom stereocenters. The van der Waals surface area contributed by atoms with Gasteiger partial charge in [-0.1, -0.05) is 27.7 Å². The van der Waals surface area contributed by atoms with Crippen LogP contribution in [0.4, 0.5) is 0 Å². The molecule has 1 aliphatic heterocycles. The standard InChI is InChI=1S/C19H33N3O5/c1-5-13(4)18(25)22-8-6-7-14(11-22)17(24)20-10-16(23)21-15(19(26)27)9-12(2)3/h12-15H,5-11H2,1-4H3,(H,20,24)(H,21,23)(H,26,27)/t13?,14?,15-/m0/s1. The van der Waals surface area contributed by atoms with E-state index in [-0.39, 0.29) is 36.1 Å². The number of nitrogens with zero attached hydrogens (tertiary/aromatic N) is 1. The van der Waals surface area contributed by atoms with E-state index in [9.17, 15) is 19.2 Å². The second-order valence-corrected chi connectivity index (χ2v) is 7.74. The van der Waals surface area contributed by atoms with Gasteiger partial charge in [0.15, 0.2) is 0 Å². The van der Waals surface area contributed by atoms with Crippen molar-refractivity contribution in [3.8, 4) is 0 Å². The lowest BCUT2D eigenvalue weighted by molar-refractivity contribution is -0.142. The van der Waals surface area contributed by atoms with Crippen LogP contribution in [0.15, 0.2) is 0 Å². The lowest BCUT2D eigenvalue weighted by Crippen LogP contribution is -2.49. The van der Waals surface area contributed by atoms with Crippen molar-refractivity contribution < 1.29 is 24.3 Å². The lowest BCUT2D eigenvalue weighted by atomic mass is 9.95. The molecular formula is C19H33N3O5. The summed E-state index contributed by atoms with van der Waals surface area (Å²) in [7, 11) is 0. The molecule has 1 rings (SSSR count). The van der Waals surface area contributed by atoms with Crippen molar-refractivity contribution in [1.29, 1.82) is 0 Å². The zero-order valence-electron chi connectivity index (χ0n) is 16.8. The number of carbonyl (C=O) groups excluding carboxylic acids is 3. The van der Waals surface area contributed by atoms with Crippen molar-refractivity contribution in [2.75, 3.05) is 19.6 Å². The van der Waals surface area contributed by atoms with E-state index in [0.717, 1.165) is 12.8 Å². The van der Waals surface area contributed by atoms with Crippen LogP contribution in [0.5, 0.6) is 0 Å². The fourth-order valence-electron chi connectivity index (χ4n) is 3.13. The molecule has 0 bridgehead atoms. The van der Waals surface area contributed by atoms with Crippen LogP contribution in [0.1, 0.15) is 53.4 Å². The van der Waals surface area contributed by atoms with E-state index in [0.29, 0.717) is 25.9 Å². The predicted molar refractivity (Wildman–Crippen MR) is 101 cm³/mol. The maximum Gasteiger partial charge on any atom is 0.326 e. The molecule has 2 unspecified atom stereocenters. The minimum absolute atomic E-state index is 0.0609. The van der Waals surface area contributed by atoms with Gasteiger partial charge in [-0.3, -0.25) is 14.4 Å². The number of hydrogen-bond donors (Lipinski definition) is 3. The van der Waals surface area contributed by atoms with Gasteiger partial charge in [-0.05, 0) is 31.6 Å². The van der Waals surface area contributed by atoms with Crippen molar-refractivity contribution in [2.45, 2.75) is 59.4 Å². The molecule has 1 aliphatic rings. The van der Waals surface area contributed by atoms with Crippen LogP contribution in [0.3, 0.4) is 0 Å². The average molecular weight is 383 g/mol. The number of amides is 3. The number of likely N-dealkylation sites (tertiary alicyclic amines) is 1. The number of carboxylic acids is 1. The maximum absolute atomic E-state index is 12.4. The number of carbonyl (C=O) groups is 4. The molecular weight excluding hydrogens is 350 g/mol. The van der Waals surface area contributed by atoms with Crippen molar-refractivity contribution in [2.24, 2.45) is 17.8 Å². The Hall–Kier alpha value is -2.12. The normalized spacial score (nSPS) is 19.3. The van der Waals surface area contributed by atoms with Gasteiger partial charge in [-0.25, -0.2) is 4.79 Å². The molecule has 1 fully saturated rings. The Morgan fingerprint density at radius 1 is 1.19 bits per heavy atom. The molecule has 0 saturated carbocycles. The Balaban J connectivity index is 2.50. The zero-order chi connectivity index (χ0) is 20.6. The van der Waals surface area contributed by atoms with E-state index in [1.165, 1.54) is 0 Å². The Kier molecular flexibility index (Phi) is 9.25. The highest BCUT2D eigenvalue weighted by Crippen LogP contribution is 2.19. The smallest absolute Gasteiger partial charge is 0.326 e. The Bertz CT molecular complexity index is 549. The van der Waals surface area contributed by atoms with Gasteiger partial charge >= 0.3 is 5.97 Å². The monoisotopic (exact) mass is 383 g/mol. The lowest BCUT2D eigenvalue weighted by Gasteiger charge is -2.33. The Morgan fingerprint density at radius 3 is 2.41 bits per heavy atom. The summed E-state index contributed by atoms with van der Waals surface area (Å²) in [6.07, 6.45) is 2.50. The SMILES string of the molecule is CCC(C)C(=O)N1CCCC(C(=O)NCC(=O)N[C@@H](CC(C)C)C(=O)O)C1. The highest BCUT2D eigenvalue weighted by molar-refractivity contribution is 5.89. The van der Waals surface area contributed by atoms with E-state index < -0.39 is 17.9 Å². The first kappa shape index (κ1) is 22.9. The van der Waals surface area contributed by atoms with E-state index >= 15 is 0 Å². The molecule has 8 heteroatoms. The molecule has 0 aliphatic carbocycles. The number of aliphatic carboxylic acids is 1. The predicted octanol–water partition coefficient (Wildman–Crippen LogP) is 1.00. The largest absolute Gasteiger partial charge is 0.480 e. The molecule has 1 heterocycles. The Labute approximate surface area is 161 Å². The fraction of sp³-hybridized carbons (Fsp3) is 0.789. The summed E-state index contributed by atoms with van der Waals surface area (Å²) in [4.78, 5) is 49.6. The molecule has 3 amide bonds. The molecule has 0 aromatic rings. The van der Waals surface area contributed by atoms with Crippen LogP contribution in [0.25, 0.3) is 0 Å². The summed E-state index contributed by atoms with van der Waals surface area (Å²) in [5, 5.41) is 14.2. The van der Waals surface area contributed by atoms with E-state index in [1.807, 2.05) is 27.7 Å². The summed E-state index contributed by atoms with van der Waals surface area (Å²) in [6.45, 7) is 8.34.